The van der Waals surface area contributed by atoms with Crippen LogP contribution >= 0.6 is 11.6 Å². The van der Waals surface area contributed by atoms with Gasteiger partial charge in [-0.05, 0) is 35.2 Å². The largest absolute Gasteiger partial charge is 0.372 e. The van der Waals surface area contributed by atoms with Crippen LogP contribution in [0.4, 0.5) is 0 Å². The van der Waals surface area contributed by atoms with Gasteiger partial charge in [0.05, 0.1) is 18.2 Å². The number of pyridine rings is 1. The Hall–Kier alpha value is -1.42. The van der Waals surface area contributed by atoms with Crippen molar-refractivity contribution < 1.29 is 4.74 Å². The Morgan fingerprint density at radius 3 is 3.00 bits per heavy atom. The second kappa shape index (κ2) is 5.92. The molecule has 0 amide bonds. The number of halogens is 1. The molecule has 1 aliphatic rings. The van der Waals surface area contributed by atoms with Gasteiger partial charge < -0.3 is 10.1 Å². The van der Waals surface area contributed by atoms with Crippen molar-refractivity contribution in [3.63, 3.8) is 0 Å². The van der Waals surface area contributed by atoms with Crippen molar-refractivity contribution in [2.75, 3.05) is 0 Å². The Labute approximate surface area is 123 Å². The van der Waals surface area contributed by atoms with Gasteiger partial charge in [-0.3, -0.25) is 4.98 Å². The molecule has 104 valence electrons. The van der Waals surface area contributed by atoms with Crippen LogP contribution in [-0.2, 0) is 24.5 Å². The zero-order valence-corrected chi connectivity index (χ0v) is 12.2. The molecule has 1 aromatic carbocycles. The van der Waals surface area contributed by atoms with Gasteiger partial charge in [-0.15, -0.1) is 0 Å². The van der Waals surface area contributed by atoms with Crippen molar-refractivity contribution in [2.24, 2.45) is 0 Å². The Bertz CT molecular complexity index is 615. The Morgan fingerprint density at radius 2 is 2.15 bits per heavy atom. The molecule has 20 heavy (non-hydrogen) atoms. The number of hydrogen-bond acceptors (Lipinski definition) is 3. The first kappa shape index (κ1) is 13.6. The minimum atomic E-state index is 0.190. The van der Waals surface area contributed by atoms with E-state index in [4.69, 9.17) is 16.3 Å². The fraction of sp³-hybridized carbons (Fsp3) is 0.312. The van der Waals surface area contributed by atoms with Crippen LogP contribution in [0.5, 0.6) is 0 Å². The maximum atomic E-state index is 6.16. The molecule has 4 heteroatoms. The maximum absolute atomic E-state index is 6.16. The molecule has 0 radical (unpaired) electrons. The van der Waals surface area contributed by atoms with Gasteiger partial charge in [0.1, 0.15) is 0 Å². The molecule has 0 aliphatic carbocycles. The van der Waals surface area contributed by atoms with E-state index in [9.17, 15) is 0 Å². The second-order valence-electron chi connectivity index (χ2n) is 5.10. The number of rotatable bonds is 4. The van der Waals surface area contributed by atoms with Gasteiger partial charge in [-0.1, -0.05) is 29.8 Å². The van der Waals surface area contributed by atoms with Gasteiger partial charge >= 0.3 is 0 Å². The summed E-state index contributed by atoms with van der Waals surface area (Å²) in [5.74, 6) is 0. The molecule has 0 fully saturated rings. The number of hydrogen-bond donors (Lipinski definition) is 1. The molecule has 0 saturated heterocycles. The summed E-state index contributed by atoms with van der Waals surface area (Å²) in [5.41, 5.74) is 4.95. The highest BCUT2D eigenvalue weighted by Crippen LogP contribution is 2.23. The van der Waals surface area contributed by atoms with E-state index in [1.807, 2.05) is 6.07 Å². The number of ether oxygens (including phenoxy) is 1. The highest BCUT2D eigenvalue weighted by molar-refractivity contribution is 6.31. The molecule has 1 atom stereocenters. The molecule has 1 aliphatic heterocycles. The summed E-state index contributed by atoms with van der Waals surface area (Å²) >= 11 is 6.16. The lowest BCUT2D eigenvalue weighted by atomic mass is 10.1. The molecule has 1 N–H and O–H groups in total. The van der Waals surface area contributed by atoms with Crippen LogP contribution in [0.1, 0.15) is 35.2 Å². The zero-order valence-electron chi connectivity index (χ0n) is 11.4. The number of fused-ring (bicyclic) bond motifs is 1. The number of nitrogens with zero attached hydrogens (tertiary/aromatic N) is 1. The predicted octanol–water partition coefficient (Wildman–Crippen LogP) is 3.62. The van der Waals surface area contributed by atoms with Crippen LogP contribution in [0.15, 0.2) is 36.7 Å². The van der Waals surface area contributed by atoms with E-state index >= 15 is 0 Å². The Balaban J connectivity index is 1.66. The minimum Gasteiger partial charge on any atom is -0.372 e. The zero-order chi connectivity index (χ0) is 13.9. The van der Waals surface area contributed by atoms with Crippen LogP contribution in [-0.4, -0.2) is 4.98 Å². The summed E-state index contributed by atoms with van der Waals surface area (Å²) in [6.07, 6.45) is 3.45. The minimum absolute atomic E-state index is 0.190. The third-order valence-corrected chi connectivity index (χ3v) is 3.98. The fourth-order valence-corrected chi connectivity index (χ4v) is 2.74. The molecule has 0 spiro atoms. The average molecular weight is 289 g/mol. The van der Waals surface area contributed by atoms with Crippen LogP contribution in [0.2, 0.25) is 5.02 Å². The van der Waals surface area contributed by atoms with Crippen molar-refractivity contribution in [1.82, 2.24) is 10.3 Å². The van der Waals surface area contributed by atoms with Crippen LogP contribution < -0.4 is 5.32 Å². The molecule has 3 rings (SSSR count). The number of benzene rings is 1. The van der Waals surface area contributed by atoms with Crippen molar-refractivity contribution in [2.45, 2.75) is 32.7 Å². The van der Waals surface area contributed by atoms with Gasteiger partial charge in [-0.25, -0.2) is 0 Å². The molecule has 1 unspecified atom stereocenters. The Kier molecular flexibility index (Phi) is 4.01. The Morgan fingerprint density at radius 1 is 1.30 bits per heavy atom. The summed E-state index contributed by atoms with van der Waals surface area (Å²) in [5, 5.41) is 4.20. The van der Waals surface area contributed by atoms with E-state index in [2.05, 4.69) is 35.4 Å². The van der Waals surface area contributed by atoms with Crippen LogP contribution in [0, 0.1) is 0 Å². The molecular formula is C16H17ClN2O. The lowest BCUT2D eigenvalue weighted by Gasteiger charge is -2.15. The van der Waals surface area contributed by atoms with Crippen molar-refractivity contribution in [3.05, 3.63) is 63.9 Å². The lowest BCUT2D eigenvalue weighted by molar-refractivity contribution is 0.134. The summed E-state index contributed by atoms with van der Waals surface area (Å²) < 4.78 is 5.44. The summed E-state index contributed by atoms with van der Waals surface area (Å²) in [4.78, 5) is 4.01. The van der Waals surface area contributed by atoms with Crippen LogP contribution in [0.3, 0.4) is 0 Å². The molecule has 3 nitrogen and oxygen atoms in total. The molecular weight excluding hydrogens is 272 g/mol. The normalized spacial score (nSPS) is 15.1. The standard InChI is InChI=1S/C16H17ClN2O/c1-11(15-4-5-18-8-16(15)17)19-7-12-2-3-13-9-20-10-14(13)6-12/h2-6,8,11,19H,7,9-10H2,1H3. The van der Waals surface area contributed by atoms with Gasteiger partial charge in [0.2, 0.25) is 0 Å². The third kappa shape index (κ3) is 2.85. The maximum Gasteiger partial charge on any atom is 0.0725 e. The molecule has 0 bridgehead atoms. The van der Waals surface area contributed by atoms with E-state index in [1.54, 1.807) is 12.4 Å². The lowest BCUT2D eigenvalue weighted by Crippen LogP contribution is -2.18. The monoisotopic (exact) mass is 288 g/mol. The first-order valence-electron chi connectivity index (χ1n) is 6.75. The van der Waals surface area contributed by atoms with E-state index in [-0.39, 0.29) is 6.04 Å². The van der Waals surface area contributed by atoms with E-state index in [0.717, 1.165) is 25.3 Å². The smallest absolute Gasteiger partial charge is 0.0725 e. The summed E-state index contributed by atoms with van der Waals surface area (Å²) in [7, 11) is 0. The van der Waals surface area contributed by atoms with Crippen molar-refractivity contribution >= 4 is 11.6 Å². The van der Waals surface area contributed by atoms with E-state index in [1.165, 1.54) is 16.7 Å². The first-order valence-corrected chi connectivity index (χ1v) is 7.13. The molecule has 2 aromatic rings. The predicted molar refractivity (Wildman–Crippen MR) is 79.4 cm³/mol. The molecule has 2 heterocycles. The highest BCUT2D eigenvalue weighted by atomic mass is 35.5. The topological polar surface area (TPSA) is 34.1 Å². The van der Waals surface area contributed by atoms with Crippen molar-refractivity contribution in [1.29, 1.82) is 0 Å². The number of aromatic nitrogens is 1. The summed E-state index contributed by atoms with van der Waals surface area (Å²) in [6.45, 7) is 4.39. The third-order valence-electron chi connectivity index (χ3n) is 3.67. The van der Waals surface area contributed by atoms with Gasteiger partial charge in [0.25, 0.3) is 0 Å². The first-order chi connectivity index (χ1) is 9.74. The SMILES string of the molecule is CC(NCc1ccc2c(c1)COC2)c1ccncc1Cl. The van der Waals surface area contributed by atoms with Crippen LogP contribution in [0.25, 0.3) is 0 Å². The van der Waals surface area contributed by atoms with Gasteiger partial charge in [0, 0.05) is 25.0 Å². The van der Waals surface area contributed by atoms with Gasteiger partial charge in [-0.2, -0.15) is 0 Å². The van der Waals surface area contributed by atoms with E-state index < -0.39 is 0 Å². The average Bonchev–Trinajstić information content (AvgIpc) is 2.92. The quantitative estimate of drug-likeness (QED) is 0.933. The molecule has 1 aromatic heterocycles. The highest BCUT2D eigenvalue weighted by Gasteiger charge is 2.12. The fourth-order valence-electron chi connectivity index (χ4n) is 2.45. The number of nitrogens with one attached hydrogen (secondary N) is 1. The summed E-state index contributed by atoms with van der Waals surface area (Å²) in [6, 6.07) is 8.67. The second-order valence-corrected chi connectivity index (χ2v) is 5.50. The van der Waals surface area contributed by atoms with E-state index in [0.29, 0.717) is 5.02 Å². The van der Waals surface area contributed by atoms with Gasteiger partial charge in [0.15, 0.2) is 0 Å². The molecule has 0 saturated carbocycles. The van der Waals surface area contributed by atoms with Crippen molar-refractivity contribution in [3.8, 4) is 0 Å².